The molecule has 4 aliphatic rings. The lowest BCUT2D eigenvalue weighted by molar-refractivity contribution is -0.143. The quantitative estimate of drug-likeness (QED) is 0.0571. The van der Waals surface area contributed by atoms with Gasteiger partial charge in [-0.2, -0.15) is 0 Å². The Bertz CT molecular complexity index is 1460. The zero-order chi connectivity index (χ0) is 40.1. The van der Waals surface area contributed by atoms with Gasteiger partial charge in [0.25, 0.3) is 11.8 Å². The number of sulfone groups is 1. The Hall–Kier alpha value is -1.97. The van der Waals surface area contributed by atoms with Crippen molar-refractivity contribution in [3.8, 4) is 0 Å². The molecule has 0 aromatic carbocycles. The summed E-state index contributed by atoms with van der Waals surface area (Å²) in [5.41, 5.74) is -1.57. The molecule has 54 heavy (non-hydrogen) atoms. The number of carbonyl (C=O) groups excluding carboxylic acids is 5. The summed E-state index contributed by atoms with van der Waals surface area (Å²) in [5, 5.41) is 11.8. The van der Waals surface area contributed by atoms with Crippen molar-refractivity contribution in [3.63, 3.8) is 0 Å². The fraction of sp³-hybridized carbons (Fsp3) is 0.875. The van der Waals surface area contributed by atoms with Crippen LogP contribution in [0, 0.1) is 23.2 Å². The molecule has 0 bridgehead atoms. The third-order valence-corrected chi connectivity index (χ3v) is 16.6. The molecule has 0 aromatic rings. The van der Waals surface area contributed by atoms with Crippen LogP contribution in [-0.4, -0.2) is 87.6 Å². The summed E-state index contributed by atoms with van der Waals surface area (Å²) >= 11 is 1.96. The van der Waals surface area contributed by atoms with Gasteiger partial charge in [0.1, 0.15) is 6.04 Å². The molecular formula is C40H68IN5O7S. The maximum atomic E-state index is 15.1. The van der Waals surface area contributed by atoms with Gasteiger partial charge in [0.2, 0.25) is 11.7 Å². The predicted molar refractivity (Wildman–Crippen MR) is 220 cm³/mol. The molecule has 0 aliphatic heterocycles. The van der Waals surface area contributed by atoms with E-state index in [9.17, 15) is 27.6 Å². The Balaban J connectivity index is 1.61. The van der Waals surface area contributed by atoms with Crippen molar-refractivity contribution in [1.82, 2.24) is 26.2 Å². The second kappa shape index (κ2) is 18.5. The van der Waals surface area contributed by atoms with Gasteiger partial charge in [-0.05, 0) is 118 Å². The minimum Gasteiger partial charge on any atom is -0.347 e. The van der Waals surface area contributed by atoms with Crippen LogP contribution in [0.2, 0.25) is 0 Å². The van der Waals surface area contributed by atoms with E-state index in [0.29, 0.717) is 38.0 Å². The van der Waals surface area contributed by atoms with Crippen LogP contribution in [-0.2, 0) is 29.0 Å². The van der Waals surface area contributed by atoms with E-state index >= 15 is 4.79 Å². The summed E-state index contributed by atoms with van der Waals surface area (Å²) in [7, 11) is -3.58. The summed E-state index contributed by atoms with van der Waals surface area (Å²) in [6.07, 6.45) is 12.7. The minimum atomic E-state index is -3.58. The Morgan fingerprint density at radius 3 is 1.94 bits per heavy atom. The second-order valence-corrected chi connectivity index (χ2v) is 22.6. The van der Waals surface area contributed by atoms with Gasteiger partial charge in [0, 0.05) is 12.6 Å². The number of urea groups is 1. The Morgan fingerprint density at radius 2 is 1.43 bits per heavy atom. The van der Waals surface area contributed by atoms with Crippen LogP contribution in [0.4, 0.5) is 4.79 Å². The van der Waals surface area contributed by atoms with E-state index in [0.717, 1.165) is 70.6 Å². The Labute approximate surface area is 338 Å². The maximum absolute atomic E-state index is 15.1. The number of alkyl halides is 1. The predicted octanol–water partition coefficient (Wildman–Crippen LogP) is 5.95. The van der Waals surface area contributed by atoms with Gasteiger partial charge >= 0.3 is 6.03 Å². The zero-order valence-corrected chi connectivity index (χ0v) is 36.8. The third-order valence-electron chi connectivity index (χ3n) is 12.5. The standard InChI is InChI=1S/C40H68IN5O7S/c1-26(2)27(3)24-46(33(41)35(49)43-30(19-16-28-14-15-28)31(47)34(48)42-29-17-18-29)36(50)32(39(7)20-10-8-11-21-39)44-37(51)45-40(22-12-9-13-23-40)25-54(52,53)38(4,5)6/h26-30,32-33H,8-25H2,1-7H3,(H,42,48)(H,43,49)(H2,44,45,51)/t27?,30-,32+,33+/m0/s1. The van der Waals surface area contributed by atoms with Crippen LogP contribution >= 0.6 is 22.6 Å². The summed E-state index contributed by atoms with van der Waals surface area (Å²) in [6, 6.07) is -2.56. The van der Waals surface area contributed by atoms with Gasteiger partial charge in [-0.15, -0.1) is 0 Å². The molecule has 0 radical (unpaired) electrons. The third kappa shape index (κ3) is 12.3. The molecule has 4 atom stereocenters. The molecule has 0 spiro atoms. The average molecular weight is 890 g/mol. The highest BCUT2D eigenvalue weighted by Gasteiger charge is 2.47. The molecular weight excluding hydrogens is 821 g/mol. The van der Waals surface area contributed by atoms with Crippen molar-refractivity contribution >= 4 is 62.0 Å². The van der Waals surface area contributed by atoms with Crippen LogP contribution in [0.5, 0.6) is 0 Å². The number of rotatable bonds is 18. The molecule has 5 amide bonds. The maximum Gasteiger partial charge on any atom is 0.315 e. The summed E-state index contributed by atoms with van der Waals surface area (Å²) < 4.78 is 25.0. The van der Waals surface area contributed by atoms with Crippen molar-refractivity contribution in [1.29, 1.82) is 0 Å². The smallest absolute Gasteiger partial charge is 0.315 e. The first-order valence-corrected chi connectivity index (χ1v) is 23.5. The molecule has 308 valence electrons. The molecule has 0 saturated heterocycles. The molecule has 1 unspecified atom stereocenters. The fourth-order valence-electron chi connectivity index (χ4n) is 7.79. The number of amides is 5. The van der Waals surface area contributed by atoms with Gasteiger partial charge < -0.3 is 26.2 Å². The van der Waals surface area contributed by atoms with E-state index in [4.69, 9.17) is 0 Å². The number of carbonyl (C=O) groups is 5. The number of ketones is 1. The van der Waals surface area contributed by atoms with Gasteiger partial charge in [0.15, 0.2) is 13.9 Å². The number of hydrogen-bond donors (Lipinski definition) is 4. The topological polar surface area (TPSA) is 171 Å². The van der Waals surface area contributed by atoms with E-state index < -0.39 is 65.3 Å². The zero-order valence-electron chi connectivity index (χ0n) is 33.9. The lowest BCUT2D eigenvalue weighted by atomic mass is 9.70. The number of halogens is 1. The van der Waals surface area contributed by atoms with Crippen LogP contribution in [0.1, 0.15) is 151 Å². The molecule has 4 aliphatic carbocycles. The summed E-state index contributed by atoms with van der Waals surface area (Å²) in [5.74, 6) is -1.78. The van der Waals surface area contributed by atoms with E-state index in [-0.39, 0.29) is 36.1 Å². The number of nitrogens with zero attached hydrogens (tertiary/aromatic N) is 1. The number of hydrogen-bond acceptors (Lipinski definition) is 7. The van der Waals surface area contributed by atoms with Crippen molar-refractivity contribution in [2.75, 3.05) is 12.3 Å². The van der Waals surface area contributed by atoms with Gasteiger partial charge in [-0.1, -0.05) is 79.1 Å². The SMILES string of the molecule is CC(C)C(C)CN(C(=O)[C@@H](NC(=O)NC1(CS(=O)(=O)C(C)(C)C)CCCCC1)C1(C)CCCCC1)[C@@H](I)C(=O)N[C@@H](CCC1CC1)C(=O)C(=O)NC1CC1. The first-order valence-electron chi connectivity index (χ1n) is 20.6. The lowest BCUT2D eigenvalue weighted by Gasteiger charge is -2.44. The van der Waals surface area contributed by atoms with E-state index in [2.05, 4.69) is 35.1 Å². The Kier molecular flexibility index (Phi) is 15.4. The minimum absolute atomic E-state index is 0.00242. The monoisotopic (exact) mass is 889 g/mol. The lowest BCUT2D eigenvalue weighted by Crippen LogP contribution is -2.65. The average Bonchev–Trinajstić information content (AvgIpc) is 4.04. The van der Waals surface area contributed by atoms with Crippen molar-refractivity contribution in [3.05, 3.63) is 0 Å². The molecule has 0 heterocycles. The summed E-state index contributed by atoms with van der Waals surface area (Å²) in [6.45, 7) is 13.4. The van der Waals surface area contributed by atoms with Gasteiger partial charge in [-0.3, -0.25) is 19.2 Å². The molecule has 12 nitrogen and oxygen atoms in total. The van der Waals surface area contributed by atoms with Crippen LogP contribution in [0.25, 0.3) is 0 Å². The molecule has 4 rings (SSSR count). The van der Waals surface area contributed by atoms with E-state index in [1.807, 2.05) is 36.4 Å². The highest BCUT2D eigenvalue weighted by molar-refractivity contribution is 14.1. The first kappa shape index (κ1) is 44.7. The van der Waals surface area contributed by atoms with E-state index in [1.165, 1.54) is 0 Å². The molecule has 14 heteroatoms. The fourth-order valence-corrected chi connectivity index (χ4v) is 9.99. The number of Topliss-reactive ketones (excluding diaryl/α,β-unsaturated/α-hetero) is 1. The van der Waals surface area contributed by atoms with Crippen molar-refractivity contribution in [2.45, 2.75) is 184 Å². The van der Waals surface area contributed by atoms with Gasteiger partial charge in [0.05, 0.1) is 22.1 Å². The number of nitrogens with one attached hydrogen (secondary N) is 4. The second-order valence-electron chi connectivity index (χ2n) is 18.7. The normalized spacial score (nSPS) is 22.2. The van der Waals surface area contributed by atoms with Crippen LogP contribution in [0.3, 0.4) is 0 Å². The van der Waals surface area contributed by atoms with Crippen molar-refractivity contribution in [2.24, 2.45) is 23.2 Å². The molecule has 4 saturated carbocycles. The first-order chi connectivity index (χ1) is 25.2. The molecule has 4 fully saturated rings. The van der Waals surface area contributed by atoms with Crippen LogP contribution < -0.4 is 21.3 Å². The highest BCUT2D eigenvalue weighted by Crippen LogP contribution is 2.41. The van der Waals surface area contributed by atoms with Crippen LogP contribution in [0.15, 0.2) is 0 Å². The van der Waals surface area contributed by atoms with Gasteiger partial charge in [-0.25, -0.2) is 13.2 Å². The highest BCUT2D eigenvalue weighted by atomic mass is 127. The largest absolute Gasteiger partial charge is 0.347 e. The molecule has 4 N–H and O–H groups in total. The molecule has 0 aromatic heterocycles. The van der Waals surface area contributed by atoms with Crippen molar-refractivity contribution < 1.29 is 32.4 Å². The summed E-state index contributed by atoms with van der Waals surface area (Å²) in [4.78, 5) is 71.1. The van der Waals surface area contributed by atoms with E-state index in [1.54, 1.807) is 25.7 Å². The Morgan fingerprint density at radius 1 is 0.852 bits per heavy atom.